The van der Waals surface area contributed by atoms with Gasteiger partial charge in [-0.15, -0.1) is 0 Å². The maximum Gasteiger partial charge on any atom is 0.274 e. The van der Waals surface area contributed by atoms with Crippen molar-refractivity contribution in [2.24, 2.45) is 0 Å². The SMILES string of the molecule is COCCn1ccc(C(=O)N2CCCC2c2ccc(Cl)cc2)n1. The summed E-state index contributed by atoms with van der Waals surface area (Å²) in [6, 6.07) is 9.61. The molecule has 1 amide bonds. The highest BCUT2D eigenvalue weighted by atomic mass is 35.5. The zero-order valence-corrected chi connectivity index (χ0v) is 13.9. The van der Waals surface area contributed by atoms with E-state index in [4.69, 9.17) is 16.3 Å². The van der Waals surface area contributed by atoms with Crippen molar-refractivity contribution in [1.29, 1.82) is 0 Å². The molecule has 2 aromatic rings. The van der Waals surface area contributed by atoms with E-state index in [9.17, 15) is 4.79 Å². The zero-order chi connectivity index (χ0) is 16.2. The fourth-order valence-corrected chi connectivity index (χ4v) is 3.10. The Morgan fingerprint density at radius 1 is 1.35 bits per heavy atom. The Morgan fingerprint density at radius 3 is 2.87 bits per heavy atom. The average molecular weight is 334 g/mol. The van der Waals surface area contributed by atoms with E-state index in [-0.39, 0.29) is 11.9 Å². The highest BCUT2D eigenvalue weighted by Gasteiger charge is 2.31. The number of hydrogen-bond donors (Lipinski definition) is 0. The lowest BCUT2D eigenvalue weighted by Crippen LogP contribution is -2.31. The largest absolute Gasteiger partial charge is 0.383 e. The van der Waals surface area contributed by atoms with Gasteiger partial charge in [0.05, 0.1) is 19.2 Å². The van der Waals surface area contributed by atoms with Crippen LogP contribution in [0.3, 0.4) is 0 Å². The fraction of sp³-hybridized carbons (Fsp3) is 0.412. The summed E-state index contributed by atoms with van der Waals surface area (Å²) in [5.41, 5.74) is 1.61. The lowest BCUT2D eigenvalue weighted by atomic mass is 10.0. The van der Waals surface area contributed by atoms with E-state index in [0.717, 1.165) is 24.9 Å². The van der Waals surface area contributed by atoms with Gasteiger partial charge in [0, 0.05) is 24.9 Å². The van der Waals surface area contributed by atoms with Crippen molar-refractivity contribution in [3.8, 4) is 0 Å². The Kier molecular flexibility index (Phi) is 4.98. The summed E-state index contributed by atoms with van der Waals surface area (Å²) in [6.07, 6.45) is 3.79. The van der Waals surface area contributed by atoms with Crippen LogP contribution in [0.15, 0.2) is 36.5 Å². The van der Waals surface area contributed by atoms with E-state index in [1.54, 1.807) is 17.9 Å². The molecular formula is C17H20ClN3O2. The molecule has 1 aliphatic rings. The van der Waals surface area contributed by atoms with Gasteiger partial charge in [-0.3, -0.25) is 9.48 Å². The van der Waals surface area contributed by atoms with Crippen molar-refractivity contribution in [3.05, 3.63) is 52.8 Å². The molecule has 0 bridgehead atoms. The number of nitrogens with zero attached hydrogens (tertiary/aromatic N) is 3. The number of ether oxygens (including phenoxy) is 1. The number of amides is 1. The van der Waals surface area contributed by atoms with E-state index in [1.165, 1.54) is 0 Å². The van der Waals surface area contributed by atoms with Gasteiger partial charge in [0.2, 0.25) is 0 Å². The molecule has 1 atom stereocenters. The van der Waals surface area contributed by atoms with Crippen LogP contribution in [0.2, 0.25) is 5.02 Å². The molecule has 23 heavy (non-hydrogen) atoms. The molecule has 1 aliphatic heterocycles. The molecule has 0 N–H and O–H groups in total. The molecule has 0 radical (unpaired) electrons. The molecule has 6 heteroatoms. The smallest absolute Gasteiger partial charge is 0.274 e. The molecule has 1 saturated heterocycles. The van der Waals surface area contributed by atoms with Gasteiger partial charge in [-0.1, -0.05) is 23.7 Å². The molecule has 122 valence electrons. The van der Waals surface area contributed by atoms with E-state index < -0.39 is 0 Å². The first-order valence-electron chi connectivity index (χ1n) is 7.78. The molecule has 5 nitrogen and oxygen atoms in total. The minimum atomic E-state index is -0.0152. The van der Waals surface area contributed by atoms with Crippen LogP contribution in [0, 0.1) is 0 Å². The quantitative estimate of drug-likeness (QED) is 0.844. The molecule has 1 aromatic carbocycles. The van der Waals surface area contributed by atoms with Crippen LogP contribution in [0.4, 0.5) is 0 Å². The van der Waals surface area contributed by atoms with E-state index in [1.807, 2.05) is 35.4 Å². The van der Waals surface area contributed by atoms with Gasteiger partial charge in [-0.25, -0.2) is 0 Å². The van der Waals surface area contributed by atoms with Gasteiger partial charge in [0.25, 0.3) is 5.91 Å². The maximum absolute atomic E-state index is 12.8. The molecule has 1 fully saturated rings. The second-order valence-electron chi connectivity index (χ2n) is 5.66. The lowest BCUT2D eigenvalue weighted by molar-refractivity contribution is 0.0728. The number of methoxy groups -OCH3 is 1. The summed E-state index contributed by atoms with van der Waals surface area (Å²) in [6.45, 7) is 1.98. The third-order valence-corrected chi connectivity index (χ3v) is 4.40. The molecule has 2 heterocycles. The van der Waals surface area contributed by atoms with Crippen LogP contribution in [0.1, 0.15) is 34.9 Å². The number of carbonyl (C=O) groups excluding carboxylic acids is 1. The summed E-state index contributed by atoms with van der Waals surface area (Å²) in [4.78, 5) is 14.7. The average Bonchev–Trinajstić information content (AvgIpc) is 3.22. The standard InChI is InChI=1S/C17H20ClN3O2/c1-23-12-11-20-10-8-15(19-20)17(22)21-9-2-3-16(21)13-4-6-14(18)7-5-13/h4-8,10,16H,2-3,9,11-12H2,1H3. The predicted octanol–water partition coefficient (Wildman–Crippen LogP) is 3.16. The molecule has 1 aromatic heterocycles. The molecular weight excluding hydrogens is 314 g/mol. The Hall–Kier alpha value is -1.85. The van der Waals surface area contributed by atoms with E-state index >= 15 is 0 Å². The topological polar surface area (TPSA) is 47.4 Å². The third-order valence-electron chi connectivity index (χ3n) is 4.15. The molecule has 0 saturated carbocycles. The molecule has 0 aliphatic carbocycles. The first kappa shape index (κ1) is 16.0. The van der Waals surface area contributed by atoms with Crippen molar-refractivity contribution in [2.45, 2.75) is 25.4 Å². The van der Waals surface area contributed by atoms with E-state index in [0.29, 0.717) is 23.9 Å². The number of rotatable bonds is 5. The van der Waals surface area contributed by atoms with Crippen LogP contribution in [-0.4, -0.2) is 40.8 Å². The van der Waals surface area contributed by atoms with Crippen LogP contribution in [-0.2, 0) is 11.3 Å². The minimum absolute atomic E-state index is 0.0152. The molecule has 3 rings (SSSR count). The number of halogens is 1. The second-order valence-corrected chi connectivity index (χ2v) is 6.10. The first-order chi connectivity index (χ1) is 11.2. The lowest BCUT2D eigenvalue weighted by Gasteiger charge is -2.24. The van der Waals surface area contributed by atoms with Gasteiger partial charge in [0.15, 0.2) is 0 Å². The number of benzene rings is 1. The van der Waals surface area contributed by atoms with E-state index in [2.05, 4.69) is 5.10 Å². The Morgan fingerprint density at radius 2 is 2.13 bits per heavy atom. The van der Waals surface area contributed by atoms with Gasteiger partial charge >= 0.3 is 0 Å². The predicted molar refractivity (Wildman–Crippen MR) is 88.6 cm³/mol. The number of carbonyl (C=O) groups is 1. The van der Waals surface area contributed by atoms with Crippen LogP contribution < -0.4 is 0 Å². The third kappa shape index (κ3) is 3.57. The van der Waals surface area contributed by atoms with Crippen molar-refractivity contribution in [1.82, 2.24) is 14.7 Å². The maximum atomic E-state index is 12.8. The Bertz CT molecular complexity index is 669. The number of hydrogen-bond acceptors (Lipinski definition) is 3. The normalized spacial score (nSPS) is 17.7. The summed E-state index contributed by atoms with van der Waals surface area (Å²) < 4.78 is 6.77. The Balaban J connectivity index is 1.75. The minimum Gasteiger partial charge on any atom is -0.383 e. The summed E-state index contributed by atoms with van der Waals surface area (Å²) in [5, 5.41) is 5.07. The Labute approximate surface area is 140 Å². The van der Waals surface area contributed by atoms with Crippen molar-refractivity contribution in [2.75, 3.05) is 20.3 Å². The molecule has 0 spiro atoms. The summed E-state index contributed by atoms with van der Waals surface area (Å²) in [7, 11) is 1.65. The number of likely N-dealkylation sites (tertiary alicyclic amines) is 1. The van der Waals surface area contributed by atoms with Gasteiger partial charge in [-0.05, 0) is 36.6 Å². The highest BCUT2D eigenvalue weighted by molar-refractivity contribution is 6.30. The van der Waals surface area contributed by atoms with Gasteiger partial charge < -0.3 is 9.64 Å². The second kappa shape index (κ2) is 7.15. The van der Waals surface area contributed by atoms with Gasteiger partial charge in [0.1, 0.15) is 5.69 Å². The van der Waals surface area contributed by atoms with Crippen LogP contribution in [0.5, 0.6) is 0 Å². The van der Waals surface area contributed by atoms with Crippen LogP contribution in [0.25, 0.3) is 0 Å². The van der Waals surface area contributed by atoms with Gasteiger partial charge in [-0.2, -0.15) is 5.10 Å². The summed E-state index contributed by atoms with van der Waals surface area (Å²) in [5.74, 6) is -0.0152. The van der Waals surface area contributed by atoms with Crippen molar-refractivity contribution >= 4 is 17.5 Å². The first-order valence-corrected chi connectivity index (χ1v) is 8.15. The zero-order valence-electron chi connectivity index (χ0n) is 13.1. The fourth-order valence-electron chi connectivity index (χ4n) is 2.97. The summed E-state index contributed by atoms with van der Waals surface area (Å²) >= 11 is 5.95. The number of aromatic nitrogens is 2. The van der Waals surface area contributed by atoms with Crippen molar-refractivity contribution < 1.29 is 9.53 Å². The monoisotopic (exact) mass is 333 g/mol. The highest BCUT2D eigenvalue weighted by Crippen LogP contribution is 2.33. The van der Waals surface area contributed by atoms with Crippen LogP contribution >= 0.6 is 11.6 Å². The molecule has 1 unspecified atom stereocenters. The van der Waals surface area contributed by atoms with Crippen molar-refractivity contribution in [3.63, 3.8) is 0 Å².